The zero-order valence-corrected chi connectivity index (χ0v) is 13.7. The van der Waals surface area contributed by atoms with Crippen molar-refractivity contribution in [1.82, 2.24) is 9.88 Å². The first-order valence-electron chi connectivity index (χ1n) is 7.75. The smallest absolute Gasteiger partial charge is 0.257 e. The van der Waals surface area contributed by atoms with Gasteiger partial charge in [-0.3, -0.25) is 14.6 Å². The van der Waals surface area contributed by atoms with Crippen molar-refractivity contribution >= 4 is 18.3 Å². The van der Waals surface area contributed by atoms with Crippen molar-refractivity contribution in [3.63, 3.8) is 0 Å². The van der Waals surface area contributed by atoms with E-state index in [1.165, 1.54) is 6.08 Å². The first-order valence-corrected chi connectivity index (χ1v) is 7.75. The number of pyridine rings is 1. The summed E-state index contributed by atoms with van der Waals surface area (Å²) < 4.78 is 10.6. The maximum absolute atomic E-state index is 12.6. The minimum Gasteiger partial charge on any atom is -0.380 e. The van der Waals surface area contributed by atoms with Crippen LogP contribution in [0.1, 0.15) is 19.5 Å². The Labute approximate surface area is 137 Å². The number of aldehydes is 1. The van der Waals surface area contributed by atoms with Crippen LogP contribution < -0.4 is 0 Å². The molecule has 1 rings (SSSR count). The maximum Gasteiger partial charge on any atom is 0.257 e. The Kier molecular flexibility index (Phi) is 9.51. The third-order valence-electron chi connectivity index (χ3n) is 3.07. The van der Waals surface area contributed by atoms with E-state index in [0.29, 0.717) is 51.5 Å². The Morgan fingerprint density at radius 3 is 2.30 bits per heavy atom. The number of hydrogen-bond acceptors (Lipinski definition) is 5. The second-order valence-electron chi connectivity index (χ2n) is 4.66. The van der Waals surface area contributed by atoms with Crippen LogP contribution >= 0.6 is 0 Å². The average Bonchev–Trinajstić information content (AvgIpc) is 2.59. The van der Waals surface area contributed by atoms with E-state index in [1.54, 1.807) is 29.3 Å². The highest BCUT2D eigenvalue weighted by molar-refractivity contribution is 6.14. The molecule has 6 heteroatoms. The molecule has 0 atom stereocenters. The van der Waals surface area contributed by atoms with Gasteiger partial charge in [-0.2, -0.15) is 0 Å². The van der Waals surface area contributed by atoms with Crippen LogP contribution in [0.25, 0.3) is 6.08 Å². The molecule has 23 heavy (non-hydrogen) atoms. The predicted molar refractivity (Wildman–Crippen MR) is 87.8 cm³/mol. The van der Waals surface area contributed by atoms with Crippen molar-refractivity contribution in [1.29, 1.82) is 0 Å². The van der Waals surface area contributed by atoms with Crippen molar-refractivity contribution in [3.8, 4) is 0 Å². The fraction of sp³-hybridized carbons (Fsp3) is 0.471. The van der Waals surface area contributed by atoms with Crippen LogP contribution in [0.15, 0.2) is 30.0 Å². The van der Waals surface area contributed by atoms with Gasteiger partial charge in [-0.05, 0) is 32.1 Å². The van der Waals surface area contributed by atoms with Crippen molar-refractivity contribution in [2.75, 3.05) is 39.5 Å². The number of nitrogens with zero attached hydrogens (tertiary/aromatic N) is 2. The highest BCUT2D eigenvalue weighted by Crippen LogP contribution is 2.06. The standard InChI is InChI=1S/C17H24N2O4/c1-3-22-11-9-19(10-12-23-4-2)17(21)15(14-20)13-16-7-5-6-8-18-16/h5-8,13-14H,3-4,9-12H2,1-2H3. The SMILES string of the molecule is CCOCCN(CCOCC)C(=O)C(C=O)=Cc1ccccn1. The fourth-order valence-electron chi connectivity index (χ4n) is 1.90. The van der Waals surface area contributed by atoms with Crippen LogP contribution in [0, 0.1) is 0 Å². The molecule has 0 spiro atoms. The summed E-state index contributed by atoms with van der Waals surface area (Å²) in [6.45, 7) is 6.61. The van der Waals surface area contributed by atoms with Gasteiger partial charge in [0.15, 0.2) is 6.29 Å². The molecular formula is C17H24N2O4. The fourth-order valence-corrected chi connectivity index (χ4v) is 1.90. The molecular weight excluding hydrogens is 296 g/mol. The summed E-state index contributed by atoms with van der Waals surface area (Å²) in [6.07, 6.45) is 3.66. The number of amides is 1. The highest BCUT2D eigenvalue weighted by Gasteiger charge is 2.18. The van der Waals surface area contributed by atoms with Crippen molar-refractivity contribution in [2.45, 2.75) is 13.8 Å². The molecule has 0 bridgehead atoms. The van der Waals surface area contributed by atoms with Crippen LogP contribution in [0.3, 0.4) is 0 Å². The van der Waals surface area contributed by atoms with E-state index in [4.69, 9.17) is 9.47 Å². The van der Waals surface area contributed by atoms with Gasteiger partial charge >= 0.3 is 0 Å². The Morgan fingerprint density at radius 2 is 1.83 bits per heavy atom. The van der Waals surface area contributed by atoms with Crippen molar-refractivity contribution in [3.05, 3.63) is 35.7 Å². The van der Waals surface area contributed by atoms with Gasteiger partial charge in [0.1, 0.15) is 0 Å². The third-order valence-corrected chi connectivity index (χ3v) is 3.07. The monoisotopic (exact) mass is 320 g/mol. The lowest BCUT2D eigenvalue weighted by atomic mass is 10.2. The molecule has 0 saturated carbocycles. The Morgan fingerprint density at radius 1 is 1.17 bits per heavy atom. The largest absolute Gasteiger partial charge is 0.380 e. The first-order chi connectivity index (χ1) is 11.2. The molecule has 0 saturated heterocycles. The topological polar surface area (TPSA) is 68.7 Å². The second-order valence-corrected chi connectivity index (χ2v) is 4.66. The van der Waals surface area contributed by atoms with Gasteiger partial charge in [0, 0.05) is 32.5 Å². The summed E-state index contributed by atoms with van der Waals surface area (Å²) >= 11 is 0. The van der Waals surface area contributed by atoms with Gasteiger partial charge in [-0.15, -0.1) is 0 Å². The van der Waals surface area contributed by atoms with E-state index in [1.807, 2.05) is 13.8 Å². The molecule has 0 aliphatic carbocycles. The van der Waals surface area contributed by atoms with Crippen molar-refractivity contribution < 1.29 is 19.1 Å². The first kappa shape index (κ1) is 19.0. The molecule has 0 unspecified atom stereocenters. The van der Waals surface area contributed by atoms with E-state index in [2.05, 4.69) is 4.98 Å². The van der Waals surface area contributed by atoms with Gasteiger partial charge in [0.05, 0.1) is 24.5 Å². The Balaban J connectivity index is 2.81. The normalized spacial score (nSPS) is 11.3. The molecule has 1 aromatic rings. The van der Waals surface area contributed by atoms with E-state index >= 15 is 0 Å². The lowest BCUT2D eigenvalue weighted by Gasteiger charge is -2.22. The van der Waals surface area contributed by atoms with E-state index in [9.17, 15) is 9.59 Å². The number of carbonyl (C=O) groups is 2. The molecule has 126 valence electrons. The number of rotatable bonds is 11. The summed E-state index contributed by atoms with van der Waals surface area (Å²) in [4.78, 5) is 29.5. The van der Waals surface area contributed by atoms with Gasteiger partial charge in [0.25, 0.3) is 5.91 Å². The zero-order valence-electron chi connectivity index (χ0n) is 13.7. The van der Waals surface area contributed by atoms with E-state index in [-0.39, 0.29) is 11.5 Å². The van der Waals surface area contributed by atoms with Crippen LogP contribution in [-0.2, 0) is 19.1 Å². The molecule has 0 aliphatic rings. The molecule has 0 aromatic carbocycles. The molecule has 1 aromatic heterocycles. The molecule has 1 heterocycles. The molecule has 0 aliphatic heterocycles. The molecule has 0 N–H and O–H groups in total. The van der Waals surface area contributed by atoms with E-state index < -0.39 is 0 Å². The van der Waals surface area contributed by atoms with Crippen molar-refractivity contribution in [2.24, 2.45) is 0 Å². The van der Waals surface area contributed by atoms with Crippen LogP contribution in [0.4, 0.5) is 0 Å². The second kappa shape index (κ2) is 11.5. The number of aromatic nitrogens is 1. The quantitative estimate of drug-likeness (QED) is 0.203. The lowest BCUT2D eigenvalue weighted by molar-refractivity contribution is -0.129. The van der Waals surface area contributed by atoms with Gasteiger partial charge in [-0.1, -0.05) is 6.07 Å². The number of carbonyl (C=O) groups excluding carboxylic acids is 2. The zero-order chi connectivity index (χ0) is 16.9. The minimum absolute atomic E-state index is 0.0664. The molecule has 0 fully saturated rings. The van der Waals surface area contributed by atoms with Crippen LogP contribution in [-0.4, -0.2) is 61.6 Å². The number of ether oxygens (including phenoxy) is 2. The Hall–Kier alpha value is -2.05. The van der Waals surface area contributed by atoms with Gasteiger partial charge in [-0.25, -0.2) is 0 Å². The third kappa shape index (κ3) is 7.17. The van der Waals surface area contributed by atoms with Gasteiger partial charge in [0.2, 0.25) is 0 Å². The van der Waals surface area contributed by atoms with E-state index in [0.717, 1.165) is 0 Å². The summed E-state index contributed by atoms with van der Waals surface area (Å²) in [7, 11) is 0. The summed E-state index contributed by atoms with van der Waals surface area (Å²) in [5.41, 5.74) is 0.634. The van der Waals surface area contributed by atoms with Crippen LogP contribution in [0.2, 0.25) is 0 Å². The summed E-state index contributed by atoms with van der Waals surface area (Å²) in [6, 6.07) is 5.31. The summed E-state index contributed by atoms with van der Waals surface area (Å²) in [5, 5.41) is 0. The summed E-state index contributed by atoms with van der Waals surface area (Å²) in [5.74, 6) is -0.343. The lowest BCUT2D eigenvalue weighted by Crippen LogP contribution is -2.38. The predicted octanol–water partition coefficient (Wildman–Crippen LogP) is 1.57. The van der Waals surface area contributed by atoms with Crippen LogP contribution in [0.5, 0.6) is 0 Å². The average molecular weight is 320 g/mol. The molecule has 1 amide bonds. The minimum atomic E-state index is -0.343. The molecule has 0 radical (unpaired) electrons. The Bertz CT molecular complexity index is 493. The number of hydrogen-bond donors (Lipinski definition) is 0. The van der Waals surface area contributed by atoms with Gasteiger partial charge < -0.3 is 14.4 Å². The maximum atomic E-state index is 12.6. The highest BCUT2D eigenvalue weighted by atomic mass is 16.5. The molecule has 6 nitrogen and oxygen atoms in total.